The summed E-state index contributed by atoms with van der Waals surface area (Å²) in [6.07, 6.45) is 0. The van der Waals surface area contributed by atoms with E-state index >= 15 is 0 Å². The molecule has 356 valence electrons. The molecule has 4 nitrogen and oxygen atoms in total. The molecule has 0 aliphatic heterocycles. The molecule has 0 aliphatic carbocycles. The zero-order valence-electron chi connectivity index (χ0n) is 41.0. The standard InChI is InChI=1S/C70H44N4S2/c1-5-17-45(18-6-1)71(49-29-33-55-53-25-13-15-27-61(53)73(63(55)41-49)47-21-9-3-10-22-47)51-31-35-59-67(43-51)75-65-39-37-58-57(69(59)65)38-40-66-70(58)60-36-32-52(44-68(60)76-66)72(46-19-7-2-8-20-46)50-30-34-56-54-26-14-16-28-62(54)74(64(56)42-50)48-23-11-4-12-24-48/h1-44H. The summed E-state index contributed by atoms with van der Waals surface area (Å²) < 4.78 is 9.92. The van der Waals surface area contributed by atoms with E-state index in [2.05, 4.69) is 286 Å². The molecule has 0 atom stereocenters. The number of nitrogens with zero attached hydrogens (tertiary/aromatic N) is 4. The fourth-order valence-electron chi connectivity index (χ4n) is 12.2. The van der Waals surface area contributed by atoms with E-state index in [4.69, 9.17) is 0 Å². The molecule has 4 aromatic heterocycles. The first-order valence-electron chi connectivity index (χ1n) is 25.8. The van der Waals surface area contributed by atoms with Gasteiger partial charge in [-0.25, -0.2) is 0 Å². The summed E-state index contributed by atoms with van der Waals surface area (Å²) >= 11 is 3.76. The number of thiophene rings is 2. The molecule has 4 heterocycles. The van der Waals surface area contributed by atoms with Crippen molar-refractivity contribution in [2.24, 2.45) is 0 Å². The number of fused-ring (bicyclic) bond motifs is 15. The Morgan fingerprint density at radius 2 is 0.553 bits per heavy atom. The highest BCUT2D eigenvalue weighted by Crippen LogP contribution is 2.48. The third-order valence-corrected chi connectivity index (χ3v) is 17.7. The number of rotatable bonds is 8. The van der Waals surface area contributed by atoms with E-state index in [1.807, 2.05) is 22.7 Å². The van der Waals surface area contributed by atoms with Gasteiger partial charge >= 0.3 is 0 Å². The van der Waals surface area contributed by atoms with Crippen LogP contribution < -0.4 is 9.80 Å². The van der Waals surface area contributed by atoms with E-state index in [9.17, 15) is 0 Å². The predicted octanol–water partition coefficient (Wildman–Crippen LogP) is 20.7. The van der Waals surface area contributed by atoms with Crippen molar-refractivity contribution in [1.82, 2.24) is 9.13 Å². The molecule has 0 saturated heterocycles. The van der Waals surface area contributed by atoms with Crippen molar-refractivity contribution in [2.45, 2.75) is 0 Å². The van der Waals surface area contributed by atoms with Gasteiger partial charge in [0.25, 0.3) is 0 Å². The predicted molar refractivity (Wildman–Crippen MR) is 328 cm³/mol. The molecular formula is C70H44N4S2. The topological polar surface area (TPSA) is 16.3 Å². The van der Waals surface area contributed by atoms with Gasteiger partial charge in [0, 0.05) is 107 Å². The molecule has 0 saturated carbocycles. The summed E-state index contributed by atoms with van der Waals surface area (Å²) in [6.45, 7) is 0. The fraction of sp³-hybridized carbons (Fsp3) is 0. The Morgan fingerprint density at radius 1 is 0.224 bits per heavy atom. The van der Waals surface area contributed by atoms with Gasteiger partial charge in [0.05, 0.1) is 22.1 Å². The van der Waals surface area contributed by atoms with Crippen LogP contribution in [0.3, 0.4) is 0 Å². The van der Waals surface area contributed by atoms with E-state index in [0.29, 0.717) is 0 Å². The lowest BCUT2D eigenvalue weighted by molar-refractivity contribution is 1.18. The number of para-hydroxylation sites is 6. The van der Waals surface area contributed by atoms with Gasteiger partial charge < -0.3 is 18.9 Å². The molecule has 76 heavy (non-hydrogen) atoms. The fourth-order valence-corrected chi connectivity index (χ4v) is 14.5. The van der Waals surface area contributed by atoms with E-state index in [0.717, 1.165) is 45.5 Å². The minimum absolute atomic E-state index is 1.11. The van der Waals surface area contributed by atoms with Crippen molar-refractivity contribution < 1.29 is 0 Å². The molecule has 0 bridgehead atoms. The first-order chi connectivity index (χ1) is 37.7. The highest BCUT2D eigenvalue weighted by Gasteiger charge is 2.22. The summed E-state index contributed by atoms with van der Waals surface area (Å²) in [5.74, 6) is 0. The molecule has 16 aromatic rings. The molecular weight excluding hydrogens is 961 g/mol. The number of anilines is 6. The van der Waals surface area contributed by atoms with Crippen molar-refractivity contribution in [3.63, 3.8) is 0 Å². The maximum Gasteiger partial charge on any atom is 0.0561 e. The molecule has 0 fully saturated rings. The van der Waals surface area contributed by atoms with Gasteiger partial charge in [0.15, 0.2) is 0 Å². The van der Waals surface area contributed by atoms with Crippen LogP contribution in [0, 0.1) is 0 Å². The molecule has 12 aromatic carbocycles. The van der Waals surface area contributed by atoms with Crippen LogP contribution in [0.4, 0.5) is 34.1 Å². The molecule has 0 unspecified atom stereocenters. The summed E-state index contributed by atoms with van der Waals surface area (Å²) in [6, 6.07) is 98.0. The Balaban J connectivity index is 0.821. The van der Waals surface area contributed by atoms with Crippen LogP contribution in [0.2, 0.25) is 0 Å². The first kappa shape index (κ1) is 43.0. The molecule has 0 amide bonds. The second-order valence-electron chi connectivity index (χ2n) is 19.7. The Morgan fingerprint density at radius 3 is 0.974 bits per heavy atom. The van der Waals surface area contributed by atoms with Gasteiger partial charge in [-0.1, -0.05) is 146 Å². The molecule has 0 aliphatic rings. The van der Waals surface area contributed by atoms with Gasteiger partial charge in [-0.2, -0.15) is 0 Å². The van der Waals surface area contributed by atoms with E-state index in [1.165, 1.54) is 94.7 Å². The van der Waals surface area contributed by atoms with Gasteiger partial charge in [-0.05, 0) is 132 Å². The summed E-state index contributed by atoms with van der Waals surface area (Å²) in [5.41, 5.74) is 13.8. The summed E-state index contributed by atoms with van der Waals surface area (Å²) in [4.78, 5) is 4.82. The van der Waals surface area contributed by atoms with Crippen LogP contribution in [0.1, 0.15) is 0 Å². The van der Waals surface area contributed by atoms with Gasteiger partial charge in [-0.15, -0.1) is 22.7 Å². The lowest BCUT2D eigenvalue weighted by Crippen LogP contribution is -2.09. The Bertz CT molecular complexity index is 4620. The minimum atomic E-state index is 1.11. The van der Waals surface area contributed by atoms with Crippen molar-refractivity contribution in [2.75, 3.05) is 9.80 Å². The van der Waals surface area contributed by atoms with Gasteiger partial charge in [0.1, 0.15) is 0 Å². The van der Waals surface area contributed by atoms with Crippen LogP contribution in [0.25, 0.3) is 106 Å². The normalized spacial score (nSPS) is 11.9. The summed E-state index contributed by atoms with van der Waals surface area (Å²) in [5, 5.41) is 12.8. The Labute approximate surface area is 446 Å². The van der Waals surface area contributed by atoms with Crippen molar-refractivity contribution in [1.29, 1.82) is 0 Å². The van der Waals surface area contributed by atoms with Crippen LogP contribution in [0.5, 0.6) is 0 Å². The third kappa shape index (κ3) is 6.61. The SMILES string of the molecule is c1ccc(N(c2ccc3c(c2)sc2ccc4c(ccc5sc6cc(N(c7ccccc7)c7ccc8c9ccccc9n(-c9ccccc9)c8c7)ccc6c54)c23)c2ccc3c4ccccc4n(-c4ccccc4)c3c2)cc1. The van der Waals surface area contributed by atoms with Crippen molar-refractivity contribution >= 4 is 152 Å². The smallest absolute Gasteiger partial charge is 0.0561 e. The number of benzene rings is 12. The first-order valence-corrected chi connectivity index (χ1v) is 27.5. The minimum Gasteiger partial charge on any atom is -0.310 e. The number of aromatic nitrogens is 2. The monoisotopic (exact) mass is 1000 g/mol. The van der Waals surface area contributed by atoms with Crippen molar-refractivity contribution in [3.05, 3.63) is 267 Å². The molecule has 0 N–H and O–H groups in total. The largest absolute Gasteiger partial charge is 0.310 e. The third-order valence-electron chi connectivity index (χ3n) is 15.4. The lowest BCUT2D eigenvalue weighted by atomic mass is 9.99. The van der Waals surface area contributed by atoms with Crippen LogP contribution in [-0.2, 0) is 0 Å². The number of hydrogen-bond donors (Lipinski definition) is 0. The Kier molecular flexibility index (Phi) is 9.64. The average molecular weight is 1010 g/mol. The second kappa shape index (κ2) is 17.0. The summed E-state index contributed by atoms with van der Waals surface area (Å²) in [7, 11) is 0. The van der Waals surface area contributed by atoms with E-state index < -0.39 is 0 Å². The highest BCUT2D eigenvalue weighted by molar-refractivity contribution is 7.26. The lowest BCUT2D eigenvalue weighted by Gasteiger charge is -2.26. The van der Waals surface area contributed by atoms with Crippen molar-refractivity contribution in [3.8, 4) is 11.4 Å². The number of hydrogen-bond acceptors (Lipinski definition) is 4. The molecule has 16 rings (SSSR count). The molecule has 6 heteroatoms. The van der Waals surface area contributed by atoms with E-state index in [1.54, 1.807) is 0 Å². The van der Waals surface area contributed by atoms with Crippen LogP contribution in [-0.4, -0.2) is 9.13 Å². The van der Waals surface area contributed by atoms with Gasteiger partial charge in [0.2, 0.25) is 0 Å². The maximum absolute atomic E-state index is 2.41. The second-order valence-corrected chi connectivity index (χ2v) is 21.8. The molecule has 0 radical (unpaired) electrons. The Hall–Kier alpha value is -9.46. The average Bonchev–Trinajstić information content (AvgIpc) is 4.31. The maximum atomic E-state index is 2.41. The quantitative estimate of drug-likeness (QED) is 0.151. The molecule has 0 spiro atoms. The van der Waals surface area contributed by atoms with E-state index in [-0.39, 0.29) is 0 Å². The zero-order valence-corrected chi connectivity index (χ0v) is 42.6. The van der Waals surface area contributed by atoms with Gasteiger partial charge in [-0.3, -0.25) is 0 Å². The van der Waals surface area contributed by atoms with Crippen LogP contribution in [0.15, 0.2) is 267 Å². The van der Waals surface area contributed by atoms with Crippen LogP contribution >= 0.6 is 22.7 Å². The highest BCUT2D eigenvalue weighted by atomic mass is 32.1. The zero-order chi connectivity index (χ0) is 49.8.